The van der Waals surface area contributed by atoms with Crippen molar-refractivity contribution in [1.29, 1.82) is 0 Å². The predicted octanol–water partition coefficient (Wildman–Crippen LogP) is 3.77. The largest absolute Gasteiger partial charge is 0.309 e. The summed E-state index contributed by atoms with van der Waals surface area (Å²) in [5.41, 5.74) is 5.61. The number of rotatable bonds is 6. The van der Waals surface area contributed by atoms with Gasteiger partial charge in [0, 0.05) is 18.4 Å². The molecular weight excluding hydrogens is 392 g/mol. The van der Waals surface area contributed by atoms with Crippen molar-refractivity contribution in [3.8, 4) is 0 Å². The lowest BCUT2D eigenvalue weighted by Crippen LogP contribution is -2.15. The third-order valence-electron chi connectivity index (χ3n) is 4.97. The zero-order chi connectivity index (χ0) is 19.9. The SMILES string of the molecule is CC1=C(CCN(C)C)c2cc(NS(=O)(=O)c3nccc4sncc34)ccc2C1. The van der Waals surface area contributed by atoms with E-state index in [0.717, 1.165) is 29.6 Å². The van der Waals surface area contributed by atoms with Crippen LogP contribution in [0.15, 0.2) is 47.3 Å². The van der Waals surface area contributed by atoms with Crippen molar-refractivity contribution >= 4 is 42.9 Å². The van der Waals surface area contributed by atoms with Gasteiger partial charge in [-0.3, -0.25) is 4.72 Å². The maximum absolute atomic E-state index is 13.0. The van der Waals surface area contributed by atoms with Crippen LogP contribution in [0.5, 0.6) is 0 Å². The molecule has 0 aliphatic heterocycles. The molecule has 1 aliphatic rings. The van der Waals surface area contributed by atoms with Gasteiger partial charge in [-0.2, -0.15) is 12.8 Å². The number of nitrogens with one attached hydrogen (secondary N) is 1. The fraction of sp³-hybridized carbons (Fsp3) is 0.300. The average Bonchev–Trinajstić information content (AvgIpc) is 3.22. The molecule has 28 heavy (non-hydrogen) atoms. The Hall–Kier alpha value is -2.29. The molecule has 1 aliphatic carbocycles. The minimum absolute atomic E-state index is 0.0128. The van der Waals surface area contributed by atoms with E-state index >= 15 is 0 Å². The zero-order valence-corrected chi connectivity index (χ0v) is 17.7. The molecule has 1 aromatic carbocycles. The summed E-state index contributed by atoms with van der Waals surface area (Å²) in [4.78, 5) is 6.26. The second-order valence-electron chi connectivity index (χ2n) is 7.32. The van der Waals surface area contributed by atoms with Crippen LogP contribution in [0.3, 0.4) is 0 Å². The van der Waals surface area contributed by atoms with E-state index in [0.29, 0.717) is 11.1 Å². The van der Waals surface area contributed by atoms with Crippen LogP contribution in [0.4, 0.5) is 5.69 Å². The topological polar surface area (TPSA) is 75.2 Å². The van der Waals surface area contributed by atoms with Crippen LogP contribution in [-0.2, 0) is 16.4 Å². The van der Waals surface area contributed by atoms with Crippen molar-refractivity contribution in [3.05, 3.63) is 53.4 Å². The van der Waals surface area contributed by atoms with Crippen molar-refractivity contribution in [3.63, 3.8) is 0 Å². The van der Waals surface area contributed by atoms with E-state index in [2.05, 4.69) is 40.0 Å². The Bertz CT molecular complexity index is 1180. The summed E-state index contributed by atoms with van der Waals surface area (Å²) in [5.74, 6) is 0. The Morgan fingerprint density at radius 3 is 2.86 bits per heavy atom. The highest BCUT2D eigenvalue weighted by Gasteiger charge is 2.23. The Morgan fingerprint density at radius 1 is 1.25 bits per heavy atom. The third-order valence-corrected chi connectivity index (χ3v) is 7.07. The number of pyridine rings is 1. The normalized spacial score (nSPS) is 14.1. The van der Waals surface area contributed by atoms with Gasteiger partial charge in [0.15, 0.2) is 5.03 Å². The monoisotopic (exact) mass is 414 g/mol. The molecule has 0 spiro atoms. The number of aromatic nitrogens is 2. The number of sulfonamides is 1. The first kappa shape index (κ1) is 19.0. The van der Waals surface area contributed by atoms with Gasteiger partial charge in [-0.1, -0.05) is 11.6 Å². The summed E-state index contributed by atoms with van der Waals surface area (Å²) in [5, 5.41) is 0.558. The van der Waals surface area contributed by atoms with E-state index in [9.17, 15) is 8.42 Å². The molecule has 0 radical (unpaired) electrons. The summed E-state index contributed by atoms with van der Waals surface area (Å²) in [6.45, 7) is 3.11. The highest BCUT2D eigenvalue weighted by atomic mass is 32.2. The van der Waals surface area contributed by atoms with E-state index < -0.39 is 10.0 Å². The molecule has 0 saturated heterocycles. The third kappa shape index (κ3) is 3.55. The Morgan fingerprint density at radius 2 is 2.07 bits per heavy atom. The molecule has 1 N–H and O–H groups in total. The first-order valence-corrected chi connectivity index (χ1v) is 11.3. The minimum atomic E-state index is -3.80. The van der Waals surface area contributed by atoms with Crippen molar-refractivity contribution in [2.75, 3.05) is 25.4 Å². The van der Waals surface area contributed by atoms with E-state index in [1.807, 2.05) is 18.2 Å². The van der Waals surface area contributed by atoms with Gasteiger partial charge in [-0.15, -0.1) is 0 Å². The molecule has 6 nitrogen and oxygen atoms in total. The Labute approximate surface area is 169 Å². The van der Waals surface area contributed by atoms with Crippen LogP contribution in [-0.4, -0.2) is 43.3 Å². The summed E-state index contributed by atoms with van der Waals surface area (Å²) < 4.78 is 33.5. The number of anilines is 1. The van der Waals surface area contributed by atoms with Crippen molar-refractivity contribution < 1.29 is 8.42 Å². The van der Waals surface area contributed by atoms with Crippen LogP contribution in [0.1, 0.15) is 24.5 Å². The standard InChI is InChI=1S/C20H22N4O2S2/c1-13-10-14-4-5-15(11-17(14)16(13)7-9-24(2)3)23-28(25,26)20-18-12-22-27-19(18)6-8-21-20/h4-6,8,11-12,23H,7,9-10H2,1-3H3. The number of benzene rings is 1. The molecule has 146 valence electrons. The fourth-order valence-electron chi connectivity index (χ4n) is 3.57. The molecule has 3 aromatic rings. The molecule has 2 heterocycles. The summed E-state index contributed by atoms with van der Waals surface area (Å²) in [6.07, 6.45) is 4.93. The van der Waals surface area contributed by atoms with E-state index in [4.69, 9.17) is 0 Å². The van der Waals surface area contributed by atoms with Gasteiger partial charge in [0.25, 0.3) is 10.0 Å². The Balaban J connectivity index is 1.66. The lowest BCUT2D eigenvalue weighted by molar-refractivity contribution is 0.419. The maximum atomic E-state index is 13.0. The second kappa shape index (κ2) is 7.27. The Kier molecular flexibility index (Phi) is 4.95. The summed E-state index contributed by atoms with van der Waals surface area (Å²) >= 11 is 1.26. The second-order valence-corrected chi connectivity index (χ2v) is 9.75. The van der Waals surface area contributed by atoms with Crippen molar-refractivity contribution in [1.82, 2.24) is 14.3 Å². The fourth-order valence-corrected chi connectivity index (χ4v) is 5.46. The van der Waals surface area contributed by atoms with Gasteiger partial charge >= 0.3 is 0 Å². The molecule has 4 rings (SSSR count). The molecule has 0 amide bonds. The van der Waals surface area contributed by atoms with E-state index in [-0.39, 0.29) is 5.03 Å². The molecular formula is C20H22N4O2S2. The number of allylic oxidation sites excluding steroid dienone is 1. The first-order valence-electron chi connectivity index (χ1n) is 9.04. The first-order chi connectivity index (χ1) is 13.3. The van der Waals surface area contributed by atoms with Gasteiger partial charge in [0.1, 0.15) is 0 Å². The van der Waals surface area contributed by atoms with Crippen LogP contribution >= 0.6 is 11.5 Å². The van der Waals surface area contributed by atoms with Crippen molar-refractivity contribution in [2.45, 2.75) is 24.8 Å². The average molecular weight is 415 g/mol. The number of fused-ring (bicyclic) bond motifs is 2. The lowest BCUT2D eigenvalue weighted by Gasteiger charge is -2.14. The van der Waals surface area contributed by atoms with Crippen LogP contribution in [0.25, 0.3) is 15.7 Å². The zero-order valence-electron chi connectivity index (χ0n) is 16.1. The predicted molar refractivity (Wildman–Crippen MR) is 114 cm³/mol. The van der Waals surface area contributed by atoms with Gasteiger partial charge in [-0.25, -0.2) is 4.98 Å². The molecule has 0 atom stereocenters. The smallest absolute Gasteiger partial charge is 0.280 e. The minimum Gasteiger partial charge on any atom is -0.309 e. The molecule has 0 fully saturated rings. The summed E-state index contributed by atoms with van der Waals surface area (Å²) in [6, 6.07) is 7.55. The van der Waals surface area contributed by atoms with Crippen molar-refractivity contribution in [2.24, 2.45) is 0 Å². The number of hydrogen-bond donors (Lipinski definition) is 1. The van der Waals surface area contributed by atoms with Gasteiger partial charge < -0.3 is 4.90 Å². The molecule has 0 bridgehead atoms. The van der Waals surface area contributed by atoms with Gasteiger partial charge in [0.2, 0.25) is 0 Å². The van der Waals surface area contributed by atoms with E-state index in [1.165, 1.54) is 34.4 Å². The van der Waals surface area contributed by atoms with Gasteiger partial charge in [0.05, 0.1) is 16.3 Å². The molecule has 2 aromatic heterocycles. The van der Waals surface area contributed by atoms with Crippen LogP contribution in [0.2, 0.25) is 0 Å². The number of hydrogen-bond acceptors (Lipinski definition) is 6. The van der Waals surface area contributed by atoms with Gasteiger partial charge in [-0.05, 0) is 80.3 Å². The summed E-state index contributed by atoms with van der Waals surface area (Å²) in [7, 11) is 0.315. The highest BCUT2D eigenvalue weighted by molar-refractivity contribution is 7.92. The molecule has 0 saturated carbocycles. The molecule has 8 heteroatoms. The molecule has 0 unspecified atom stereocenters. The number of nitrogens with zero attached hydrogens (tertiary/aromatic N) is 3. The quantitative estimate of drug-likeness (QED) is 0.664. The van der Waals surface area contributed by atoms with E-state index in [1.54, 1.807) is 12.3 Å². The lowest BCUT2D eigenvalue weighted by atomic mass is 10.0. The van der Waals surface area contributed by atoms with Crippen LogP contribution in [0, 0.1) is 0 Å². The van der Waals surface area contributed by atoms with Crippen LogP contribution < -0.4 is 4.72 Å². The maximum Gasteiger partial charge on any atom is 0.280 e. The highest BCUT2D eigenvalue weighted by Crippen LogP contribution is 2.37.